The lowest BCUT2D eigenvalue weighted by atomic mass is 10.3. The highest BCUT2D eigenvalue weighted by atomic mass is 32.2. The fraction of sp³-hybridized carbons (Fsp3) is 0.143. The molecule has 0 aliphatic heterocycles. The monoisotopic (exact) mass is 310 g/mol. The van der Waals surface area contributed by atoms with Crippen LogP contribution in [-0.4, -0.2) is 22.6 Å². The molecule has 0 fully saturated rings. The van der Waals surface area contributed by atoms with Crippen LogP contribution in [0.1, 0.15) is 0 Å². The molecule has 0 aliphatic rings. The van der Waals surface area contributed by atoms with E-state index in [2.05, 4.69) is 0 Å². The molecule has 2 N–H and O–H groups in total. The highest BCUT2D eigenvalue weighted by Crippen LogP contribution is 2.26. The number of benzene rings is 2. The molecule has 0 aliphatic carbocycles. The maximum absolute atomic E-state index is 13.8. The minimum atomic E-state index is -4.00. The van der Waals surface area contributed by atoms with Crippen molar-refractivity contribution in [3.8, 4) is 5.75 Å². The number of hydrogen-bond acceptors (Lipinski definition) is 4. The van der Waals surface area contributed by atoms with Gasteiger partial charge in [0.15, 0.2) is 0 Å². The zero-order chi connectivity index (χ0) is 15.6. The lowest BCUT2D eigenvalue weighted by Gasteiger charge is -2.20. The number of nitrogen functional groups attached to an aromatic ring is 1. The van der Waals surface area contributed by atoms with E-state index in [1.54, 1.807) is 24.3 Å². The Labute approximate surface area is 122 Å². The molecular weight excluding hydrogens is 295 g/mol. The molecule has 21 heavy (non-hydrogen) atoms. The largest absolute Gasteiger partial charge is 0.497 e. The first kappa shape index (κ1) is 15.1. The minimum absolute atomic E-state index is 0.165. The summed E-state index contributed by atoms with van der Waals surface area (Å²) >= 11 is 0. The van der Waals surface area contributed by atoms with Gasteiger partial charge in [0.1, 0.15) is 16.5 Å². The number of nitrogens with zero attached hydrogens (tertiary/aromatic N) is 1. The molecule has 5 nitrogen and oxygen atoms in total. The van der Waals surface area contributed by atoms with Gasteiger partial charge in [-0.25, -0.2) is 12.8 Å². The molecule has 2 aromatic rings. The second-order valence-corrected chi connectivity index (χ2v) is 6.30. The van der Waals surface area contributed by atoms with E-state index in [1.807, 2.05) is 0 Å². The van der Waals surface area contributed by atoms with Gasteiger partial charge in [0, 0.05) is 12.7 Å². The third-order valence-electron chi connectivity index (χ3n) is 3.03. The minimum Gasteiger partial charge on any atom is -0.497 e. The van der Waals surface area contributed by atoms with Crippen molar-refractivity contribution in [1.29, 1.82) is 0 Å². The van der Waals surface area contributed by atoms with Crippen LogP contribution in [0.15, 0.2) is 47.4 Å². The molecule has 0 bridgehead atoms. The number of ether oxygens (including phenoxy) is 1. The van der Waals surface area contributed by atoms with Crippen molar-refractivity contribution >= 4 is 21.4 Å². The number of sulfonamides is 1. The van der Waals surface area contributed by atoms with E-state index in [4.69, 9.17) is 10.5 Å². The second kappa shape index (κ2) is 5.61. The topological polar surface area (TPSA) is 72.6 Å². The lowest BCUT2D eigenvalue weighted by Crippen LogP contribution is -2.27. The summed E-state index contributed by atoms with van der Waals surface area (Å²) in [6, 6.07) is 9.88. The third-order valence-corrected chi connectivity index (χ3v) is 4.85. The number of hydrogen-bond donors (Lipinski definition) is 1. The molecular formula is C14H15FN2O3S. The summed E-state index contributed by atoms with van der Waals surface area (Å²) in [6.45, 7) is 0. The van der Waals surface area contributed by atoms with Crippen molar-refractivity contribution in [2.75, 3.05) is 24.2 Å². The van der Waals surface area contributed by atoms with Gasteiger partial charge >= 0.3 is 0 Å². The highest BCUT2D eigenvalue weighted by Gasteiger charge is 2.24. The maximum atomic E-state index is 13.8. The molecule has 0 saturated carbocycles. The summed E-state index contributed by atoms with van der Waals surface area (Å²) in [5.41, 5.74) is 5.99. The number of methoxy groups -OCH3 is 1. The summed E-state index contributed by atoms with van der Waals surface area (Å²) in [5.74, 6) is -0.279. The van der Waals surface area contributed by atoms with E-state index in [0.717, 1.165) is 16.4 Å². The molecule has 2 aromatic carbocycles. The van der Waals surface area contributed by atoms with Crippen LogP contribution in [-0.2, 0) is 10.0 Å². The first-order valence-corrected chi connectivity index (χ1v) is 7.48. The molecule has 0 spiro atoms. The van der Waals surface area contributed by atoms with Crippen LogP contribution in [0.5, 0.6) is 5.75 Å². The molecule has 0 heterocycles. The molecule has 0 radical (unpaired) electrons. The predicted molar refractivity (Wildman–Crippen MR) is 79.4 cm³/mol. The molecule has 0 amide bonds. The summed E-state index contributed by atoms with van der Waals surface area (Å²) in [5, 5.41) is 0. The van der Waals surface area contributed by atoms with Crippen LogP contribution in [0.4, 0.5) is 15.8 Å². The smallest absolute Gasteiger partial charge is 0.266 e. The Morgan fingerprint density at radius 1 is 1.14 bits per heavy atom. The predicted octanol–water partition coefficient (Wildman–Crippen LogP) is 2.24. The van der Waals surface area contributed by atoms with Gasteiger partial charge in [-0.15, -0.1) is 0 Å². The number of halogens is 1. The quantitative estimate of drug-likeness (QED) is 0.879. The van der Waals surface area contributed by atoms with E-state index in [1.165, 1.54) is 20.2 Å². The second-order valence-electron chi connectivity index (χ2n) is 4.36. The van der Waals surface area contributed by atoms with Gasteiger partial charge in [-0.3, -0.25) is 4.31 Å². The van der Waals surface area contributed by atoms with E-state index in [-0.39, 0.29) is 5.69 Å². The normalized spacial score (nSPS) is 11.2. The van der Waals surface area contributed by atoms with E-state index in [9.17, 15) is 12.8 Å². The molecule has 0 atom stereocenters. The maximum Gasteiger partial charge on any atom is 0.266 e. The first-order chi connectivity index (χ1) is 9.86. The first-order valence-electron chi connectivity index (χ1n) is 6.04. The zero-order valence-corrected chi connectivity index (χ0v) is 12.4. The molecule has 7 heteroatoms. The Morgan fingerprint density at radius 3 is 2.29 bits per heavy atom. The number of rotatable bonds is 4. The Balaban J connectivity index is 2.42. The molecule has 112 valence electrons. The van der Waals surface area contributed by atoms with Crippen molar-refractivity contribution < 1.29 is 17.5 Å². The van der Waals surface area contributed by atoms with Crippen LogP contribution < -0.4 is 14.8 Å². The summed E-state index contributed by atoms with van der Waals surface area (Å²) in [4.78, 5) is -0.421. The van der Waals surface area contributed by atoms with Gasteiger partial charge in [-0.05, 0) is 42.5 Å². The van der Waals surface area contributed by atoms with Crippen molar-refractivity contribution in [3.63, 3.8) is 0 Å². The van der Waals surface area contributed by atoms with Crippen molar-refractivity contribution in [1.82, 2.24) is 0 Å². The van der Waals surface area contributed by atoms with Gasteiger partial charge in [-0.1, -0.05) is 0 Å². The Morgan fingerprint density at radius 2 is 1.76 bits per heavy atom. The summed E-state index contributed by atoms with van der Waals surface area (Å²) in [7, 11) is -1.13. The van der Waals surface area contributed by atoms with E-state index < -0.39 is 20.7 Å². The SMILES string of the molecule is COc1ccc(N(C)S(=O)(=O)c2ccc(N)cc2F)cc1. The van der Waals surface area contributed by atoms with Crippen LogP contribution >= 0.6 is 0 Å². The molecule has 2 rings (SSSR count). The van der Waals surface area contributed by atoms with Crippen molar-refractivity contribution in [2.24, 2.45) is 0 Å². The van der Waals surface area contributed by atoms with Gasteiger partial charge in [0.25, 0.3) is 10.0 Å². The van der Waals surface area contributed by atoms with Gasteiger partial charge in [-0.2, -0.15) is 0 Å². The van der Waals surface area contributed by atoms with E-state index >= 15 is 0 Å². The van der Waals surface area contributed by atoms with Gasteiger partial charge in [0.05, 0.1) is 12.8 Å². The van der Waals surface area contributed by atoms with E-state index in [0.29, 0.717) is 11.4 Å². The molecule has 0 unspecified atom stereocenters. The standard InChI is InChI=1S/C14H15FN2O3S/c1-17(11-4-6-12(20-2)7-5-11)21(18,19)14-8-3-10(16)9-13(14)15/h3-9H,16H2,1-2H3. The zero-order valence-electron chi connectivity index (χ0n) is 11.6. The van der Waals surface area contributed by atoms with Crippen LogP contribution in [0.2, 0.25) is 0 Å². The fourth-order valence-corrected chi connectivity index (χ4v) is 3.04. The van der Waals surface area contributed by atoms with Crippen LogP contribution in [0, 0.1) is 5.82 Å². The molecule has 0 saturated heterocycles. The number of nitrogens with two attached hydrogens (primary N) is 1. The average Bonchev–Trinajstić information content (AvgIpc) is 2.46. The Hall–Kier alpha value is -2.28. The third kappa shape index (κ3) is 2.92. The average molecular weight is 310 g/mol. The Bertz CT molecular complexity index is 745. The summed E-state index contributed by atoms with van der Waals surface area (Å²) < 4.78 is 44.7. The molecule has 0 aromatic heterocycles. The van der Waals surface area contributed by atoms with Crippen molar-refractivity contribution in [3.05, 3.63) is 48.3 Å². The van der Waals surface area contributed by atoms with Gasteiger partial charge in [0.2, 0.25) is 0 Å². The highest BCUT2D eigenvalue weighted by molar-refractivity contribution is 7.92. The van der Waals surface area contributed by atoms with Crippen LogP contribution in [0.3, 0.4) is 0 Å². The number of anilines is 2. The Kier molecular flexibility index (Phi) is 4.04. The summed E-state index contributed by atoms with van der Waals surface area (Å²) in [6.07, 6.45) is 0. The van der Waals surface area contributed by atoms with Crippen molar-refractivity contribution in [2.45, 2.75) is 4.90 Å². The lowest BCUT2D eigenvalue weighted by molar-refractivity contribution is 0.415. The van der Waals surface area contributed by atoms with Gasteiger partial charge < -0.3 is 10.5 Å². The fourth-order valence-electron chi connectivity index (χ4n) is 1.80. The van der Waals surface area contributed by atoms with Crippen LogP contribution in [0.25, 0.3) is 0 Å².